The Bertz CT molecular complexity index is 683. The van der Waals surface area contributed by atoms with Crippen LogP contribution in [0.4, 0.5) is 11.4 Å². The van der Waals surface area contributed by atoms with Gasteiger partial charge in [0.2, 0.25) is 0 Å². The Hall–Kier alpha value is -1.24. The van der Waals surface area contributed by atoms with Crippen LogP contribution < -0.4 is 10.2 Å². The van der Waals surface area contributed by atoms with Gasteiger partial charge in [-0.05, 0) is 25.1 Å². The number of carbonyl (C=O) groups excluding carboxylic acids is 1. The van der Waals surface area contributed by atoms with Crippen molar-refractivity contribution in [1.29, 1.82) is 0 Å². The Morgan fingerprint density at radius 3 is 2.77 bits per heavy atom. The molecule has 1 aliphatic heterocycles. The van der Waals surface area contributed by atoms with E-state index in [1.165, 1.54) is 11.3 Å². The van der Waals surface area contributed by atoms with E-state index in [0.29, 0.717) is 15.6 Å². The summed E-state index contributed by atoms with van der Waals surface area (Å²) in [6.07, 6.45) is 0. The first-order valence-electron chi connectivity index (χ1n) is 6.99. The second-order valence-corrected chi connectivity index (χ2v) is 7.47. The van der Waals surface area contributed by atoms with Gasteiger partial charge < -0.3 is 10.2 Å². The lowest BCUT2D eigenvalue weighted by Gasteiger charge is -2.29. The Morgan fingerprint density at radius 1 is 1.36 bits per heavy atom. The van der Waals surface area contributed by atoms with Crippen LogP contribution in [0.2, 0.25) is 5.02 Å². The summed E-state index contributed by atoms with van der Waals surface area (Å²) in [4.78, 5) is 19.2. The minimum Gasteiger partial charge on any atom is -0.369 e. The molecule has 1 aromatic carbocycles. The van der Waals surface area contributed by atoms with Gasteiger partial charge >= 0.3 is 0 Å². The molecule has 2 heterocycles. The molecule has 1 saturated heterocycles. The lowest BCUT2D eigenvalue weighted by atomic mass is 10.2. The van der Waals surface area contributed by atoms with Crippen LogP contribution in [0.3, 0.4) is 0 Å². The fourth-order valence-electron chi connectivity index (χ4n) is 2.35. The molecular weight excluding hydrogens is 338 g/mol. The number of thioether (sulfide) groups is 1. The van der Waals surface area contributed by atoms with Crippen LogP contribution in [0.15, 0.2) is 23.7 Å². The van der Waals surface area contributed by atoms with E-state index < -0.39 is 0 Å². The van der Waals surface area contributed by atoms with E-state index >= 15 is 0 Å². The molecule has 2 aromatic rings. The quantitative estimate of drug-likeness (QED) is 0.908. The van der Waals surface area contributed by atoms with E-state index in [1.807, 2.05) is 36.9 Å². The standard InChI is InChI=1S/C15H16ClN3OS2/c1-10-14(22-9-17-10)15(20)18-11-2-3-13(12(16)8-11)19-4-6-21-7-5-19/h2-3,8-9H,4-7H2,1H3,(H,18,20). The molecule has 0 atom stereocenters. The van der Waals surface area contributed by atoms with E-state index in [2.05, 4.69) is 15.2 Å². The summed E-state index contributed by atoms with van der Waals surface area (Å²) < 4.78 is 0. The van der Waals surface area contributed by atoms with E-state index in [0.717, 1.165) is 36.0 Å². The van der Waals surface area contributed by atoms with Crippen molar-refractivity contribution in [3.8, 4) is 0 Å². The van der Waals surface area contributed by atoms with E-state index in [1.54, 1.807) is 5.51 Å². The predicted molar refractivity (Wildman–Crippen MR) is 95.8 cm³/mol. The first kappa shape index (κ1) is 15.6. The molecular formula is C15H16ClN3OS2. The van der Waals surface area contributed by atoms with Gasteiger partial charge in [0.05, 0.1) is 21.9 Å². The highest BCUT2D eigenvalue weighted by Crippen LogP contribution is 2.30. The van der Waals surface area contributed by atoms with E-state index in [4.69, 9.17) is 11.6 Å². The van der Waals surface area contributed by atoms with Crippen molar-refractivity contribution < 1.29 is 4.79 Å². The van der Waals surface area contributed by atoms with Crippen molar-refractivity contribution >= 4 is 52.0 Å². The molecule has 0 aliphatic carbocycles. The molecule has 22 heavy (non-hydrogen) atoms. The minimum atomic E-state index is -0.141. The molecule has 7 heteroatoms. The van der Waals surface area contributed by atoms with Crippen LogP contribution in [0.25, 0.3) is 0 Å². The number of thiazole rings is 1. The summed E-state index contributed by atoms with van der Waals surface area (Å²) >= 11 is 9.70. The zero-order valence-electron chi connectivity index (χ0n) is 12.1. The second-order valence-electron chi connectivity index (χ2n) is 4.99. The third-order valence-electron chi connectivity index (χ3n) is 3.51. The maximum atomic E-state index is 12.2. The number of nitrogens with one attached hydrogen (secondary N) is 1. The van der Waals surface area contributed by atoms with Gasteiger partial charge in [0, 0.05) is 30.3 Å². The fraction of sp³-hybridized carbons (Fsp3) is 0.333. The van der Waals surface area contributed by atoms with Crippen LogP contribution >= 0.6 is 34.7 Å². The molecule has 0 bridgehead atoms. The molecule has 1 aliphatic rings. The number of aryl methyl sites for hydroxylation is 1. The molecule has 4 nitrogen and oxygen atoms in total. The minimum absolute atomic E-state index is 0.141. The average molecular weight is 354 g/mol. The number of halogens is 1. The SMILES string of the molecule is Cc1ncsc1C(=O)Nc1ccc(N2CCSCC2)c(Cl)c1. The number of rotatable bonds is 3. The monoisotopic (exact) mass is 353 g/mol. The number of carbonyl (C=O) groups is 1. The number of benzene rings is 1. The molecule has 0 saturated carbocycles. The summed E-state index contributed by atoms with van der Waals surface area (Å²) in [5, 5.41) is 3.55. The summed E-state index contributed by atoms with van der Waals surface area (Å²) in [7, 11) is 0. The van der Waals surface area contributed by atoms with Crippen LogP contribution in [0.1, 0.15) is 15.4 Å². The predicted octanol–water partition coefficient (Wildman–Crippen LogP) is 3.91. The highest BCUT2D eigenvalue weighted by molar-refractivity contribution is 7.99. The van der Waals surface area contributed by atoms with Gasteiger partial charge in [-0.2, -0.15) is 11.8 Å². The normalized spacial score (nSPS) is 14.9. The smallest absolute Gasteiger partial charge is 0.267 e. The van der Waals surface area contributed by atoms with Crippen molar-refractivity contribution in [3.63, 3.8) is 0 Å². The van der Waals surface area contributed by atoms with Gasteiger partial charge in [-0.15, -0.1) is 11.3 Å². The van der Waals surface area contributed by atoms with Crippen LogP contribution in [0, 0.1) is 6.92 Å². The Labute approximate surface area is 142 Å². The molecule has 116 valence electrons. The average Bonchev–Trinajstić information content (AvgIpc) is 2.94. The summed E-state index contributed by atoms with van der Waals surface area (Å²) in [5.41, 5.74) is 4.16. The molecule has 0 radical (unpaired) electrons. The number of amides is 1. The third-order valence-corrected chi connectivity index (χ3v) is 5.68. The van der Waals surface area contributed by atoms with Crippen molar-refractivity contribution in [2.24, 2.45) is 0 Å². The van der Waals surface area contributed by atoms with Crippen molar-refractivity contribution in [2.45, 2.75) is 6.92 Å². The first-order chi connectivity index (χ1) is 10.6. The van der Waals surface area contributed by atoms with Gasteiger partial charge in [0.1, 0.15) is 4.88 Å². The Morgan fingerprint density at radius 2 is 2.14 bits per heavy atom. The Balaban J connectivity index is 1.74. The van der Waals surface area contributed by atoms with Gasteiger partial charge in [0.15, 0.2) is 0 Å². The lowest BCUT2D eigenvalue weighted by molar-refractivity contribution is 0.103. The van der Waals surface area contributed by atoms with E-state index in [9.17, 15) is 4.79 Å². The summed E-state index contributed by atoms with van der Waals surface area (Å²) in [6.45, 7) is 3.85. The van der Waals surface area contributed by atoms with Crippen LogP contribution in [0.5, 0.6) is 0 Å². The molecule has 3 rings (SSSR count). The number of aromatic nitrogens is 1. The van der Waals surface area contributed by atoms with Crippen molar-refractivity contribution in [2.75, 3.05) is 34.8 Å². The van der Waals surface area contributed by atoms with Gasteiger partial charge in [-0.25, -0.2) is 4.98 Å². The van der Waals surface area contributed by atoms with E-state index in [-0.39, 0.29) is 5.91 Å². The molecule has 1 N–H and O–H groups in total. The summed E-state index contributed by atoms with van der Waals surface area (Å²) in [5.74, 6) is 2.11. The van der Waals surface area contributed by atoms with Gasteiger partial charge in [0.25, 0.3) is 5.91 Å². The van der Waals surface area contributed by atoms with Crippen LogP contribution in [-0.4, -0.2) is 35.5 Å². The van der Waals surface area contributed by atoms with Gasteiger partial charge in [-0.3, -0.25) is 4.79 Å². The first-order valence-corrected chi connectivity index (χ1v) is 9.40. The highest BCUT2D eigenvalue weighted by Gasteiger charge is 2.16. The second kappa shape index (κ2) is 6.89. The molecule has 1 aromatic heterocycles. The zero-order valence-corrected chi connectivity index (χ0v) is 14.5. The fourth-order valence-corrected chi connectivity index (χ4v) is 4.25. The largest absolute Gasteiger partial charge is 0.369 e. The lowest BCUT2D eigenvalue weighted by Crippen LogP contribution is -2.32. The van der Waals surface area contributed by atoms with Crippen molar-refractivity contribution in [1.82, 2.24) is 4.98 Å². The van der Waals surface area contributed by atoms with Crippen molar-refractivity contribution in [3.05, 3.63) is 39.3 Å². The maximum Gasteiger partial charge on any atom is 0.267 e. The maximum absolute atomic E-state index is 12.2. The number of nitrogens with zero attached hydrogens (tertiary/aromatic N) is 2. The number of hydrogen-bond acceptors (Lipinski definition) is 5. The number of anilines is 2. The molecule has 0 spiro atoms. The van der Waals surface area contributed by atoms with Crippen LogP contribution in [-0.2, 0) is 0 Å². The Kier molecular flexibility index (Phi) is 4.90. The highest BCUT2D eigenvalue weighted by atomic mass is 35.5. The van der Waals surface area contributed by atoms with Gasteiger partial charge in [-0.1, -0.05) is 11.6 Å². The molecule has 0 unspecified atom stereocenters. The molecule has 1 amide bonds. The molecule has 1 fully saturated rings. The summed E-state index contributed by atoms with van der Waals surface area (Å²) in [6, 6.07) is 5.69. The third kappa shape index (κ3) is 3.39. The topological polar surface area (TPSA) is 45.2 Å². The number of hydrogen-bond donors (Lipinski definition) is 1. The zero-order chi connectivity index (χ0) is 15.5.